The summed E-state index contributed by atoms with van der Waals surface area (Å²) in [5.41, 5.74) is 2.05. The Labute approximate surface area is 165 Å². The molecule has 0 fully saturated rings. The molecule has 1 aliphatic rings. The lowest BCUT2D eigenvalue weighted by Gasteiger charge is -2.19. The molecular formula is C19H17N5O3S. The number of nitrogens with zero attached hydrogens (tertiary/aromatic N) is 4. The molecule has 8 nitrogen and oxygen atoms in total. The van der Waals surface area contributed by atoms with Crippen molar-refractivity contribution in [2.45, 2.75) is 11.9 Å². The molecule has 3 heterocycles. The van der Waals surface area contributed by atoms with Crippen LogP contribution in [0.3, 0.4) is 0 Å². The van der Waals surface area contributed by atoms with Crippen LogP contribution in [0.2, 0.25) is 0 Å². The maximum atomic E-state index is 12.3. The smallest absolute Gasteiger partial charge is 0.234 e. The summed E-state index contributed by atoms with van der Waals surface area (Å²) in [5, 5.41) is 3.56. The average molecular weight is 395 g/mol. The maximum Gasteiger partial charge on any atom is 0.234 e. The van der Waals surface area contributed by atoms with Crippen molar-refractivity contribution in [3.05, 3.63) is 48.5 Å². The molecular weight excluding hydrogens is 378 g/mol. The van der Waals surface area contributed by atoms with Crippen molar-refractivity contribution in [3.63, 3.8) is 0 Å². The molecule has 28 heavy (non-hydrogen) atoms. The summed E-state index contributed by atoms with van der Waals surface area (Å²) in [6, 6.07) is 7.18. The molecule has 1 N–H and O–H groups in total. The average Bonchev–Trinajstić information content (AvgIpc) is 2.72. The van der Waals surface area contributed by atoms with E-state index in [4.69, 9.17) is 9.47 Å². The molecule has 2 aromatic heterocycles. The first-order chi connectivity index (χ1) is 13.7. The number of thioether (sulfide) groups is 1. The lowest BCUT2D eigenvalue weighted by atomic mass is 10.2. The predicted molar refractivity (Wildman–Crippen MR) is 105 cm³/mol. The molecule has 0 aliphatic carbocycles. The van der Waals surface area contributed by atoms with Gasteiger partial charge in [-0.05, 0) is 25.1 Å². The largest absolute Gasteiger partial charge is 0.486 e. The quantitative estimate of drug-likeness (QED) is 0.520. The van der Waals surface area contributed by atoms with Gasteiger partial charge in [-0.3, -0.25) is 9.78 Å². The summed E-state index contributed by atoms with van der Waals surface area (Å²) in [7, 11) is 0. The van der Waals surface area contributed by atoms with E-state index in [-0.39, 0.29) is 11.7 Å². The van der Waals surface area contributed by atoms with E-state index < -0.39 is 0 Å². The molecule has 0 radical (unpaired) electrons. The molecule has 3 aromatic rings. The third-order valence-corrected chi connectivity index (χ3v) is 4.71. The third kappa shape index (κ3) is 4.37. The van der Waals surface area contributed by atoms with Crippen molar-refractivity contribution >= 4 is 23.4 Å². The van der Waals surface area contributed by atoms with Gasteiger partial charge in [0, 0.05) is 29.8 Å². The van der Waals surface area contributed by atoms with Crippen molar-refractivity contribution in [2.24, 2.45) is 0 Å². The number of hydrogen-bond donors (Lipinski definition) is 1. The lowest BCUT2D eigenvalue weighted by Crippen LogP contribution is -2.17. The number of benzene rings is 1. The number of aromatic nitrogens is 4. The highest BCUT2D eigenvalue weighted by Gasteiger charge is 2.13. The van der Waals surface area contributed by atoms with E-state index in [1.165, 1.54) is 11.8 Å². The van der Waals surface area contributed by atoms with Crippen LogP contribution in [0.1, 0.15) is 5.69 Å². The number of rotatable bonds is 5. The van der Waals surface area contributed by atoms with E-state index in [0.717, 1.165) is 5.69 Å². The fourth-order valence-electron chi connectivity index (χ4n) is 2.60. The van der Waals surface area contributed by atoms with E-state index in [2.05, 4.69) is 25.3 Å². The van der Waals surface area contributed by atoms with Gasteiger partial charge >= 0.3 is 0 Å². The monoisotopic (exact) mass is 395 g/mol. The number of aryl methyl sites for hydroxylation is 1. The van der Waals surface area contributed by atoms with Gasteiger partial charge < -0.3 is 14.8 Å². The molecule has 0 saturated carbocycles. The number of ether oxygens (including phenoxy) is 2. The summed E-state index contributed by atoms with van der Waals surface area (Å²) in [4.78, 5) is 29.4. The number of hydrogen-bond acceptors (Lipinski definition) is 8. The second-order valence-corrected chi connectivity index (χ2v) is 6.95. The highest BCUT2D eigenvalue weighted by molar-refractivity contribution is 7.99. The van der Waals surface area contributed by atoms with Crippen LogP contribution >= 0.6 is 11.8 Å². The molecule has 9 heteroatoms. The van der Waals surface area contributed by atoms with Crippen molar-refractivity contribution in [1.29, 1.82) is 0 Å². The van der Waals surface area contributed by atoms with E-state index in [0.29, 0.717) is 46.9 Å². The van der Waals surface area contributed by atoms with Crippen LogP contribution in [0.25, 0.3) is 11.5 Å². The number of fused-ring (bicyclic) bond motifs is 1. The molecule has 142 valence electrons. The summed E-state index contributed by atoms with van der Waals surface area (Å²) < 4.78 is 11.0. The molecule has 1 aliphatic heterocycles. The first-order valence-electron chi connectivity index (χ1n) is 8.62. The first kappa shape index (κ1) is 18.2. The summed E-state index contributed by atoms with van der Waals surface area (Å²) in [5.74, 6) is 1.88. The van der Waals surface area contributed by atoms with E-state index in [1.54, 1.807) is 36.8 Å². The number of nitrogens with one attached hydrogen (secondary N) is 1. The van der Waals surface area contributed by atoms with Gasteiger partial charge in [0.2, 0.25) is 5.91 Å². The molecule has 0 saturated heterocycles. The topological polar surface area (TPSA) is 99.1 Å². The minimum atomic E-state index is -0.140. The highest BCUT2D eigenvalue weighted by atomic mass is 32.2. The number of anilines is 1. The number of amides is 1. The predicted octanol–water partition coefficient (Wildman–Crippen LogP) is 2.74. The van der Waals surface area contributed by atoms with Crippen LogP contribution in [0.4, 0.5) is 5.69 Å². The lowest BCUT2D eigenvalue weighted by molar-refractivity contribution is -0.113. The van der Waals surface area contributed by atoms with E-state index in [9.17, 15) is 4.79 Å². The van der Waals surface area contributed by atoms with Crippen molar-refractivity contribution in [1.82, 2.24) is 19.9 Å². The van der Waals surface area contributed by atoms with E-state index in [1.807, 2.05) is 13.0 Å². The van der Waals surface area contributed by atoms with Crippen LogP contribution in [0.5, 0.6) is 11.5 Å². The number of carbonyl (C=O) groups excluding carboxylic acids is 1. The van der Waals surface area contributed by atoms with Crippen LogP contribution in [-0.4, -0.2) is 44.8 Å². The zero-order valence-electron chi connectivity index (χ0n) is 15.1. The molecule has 4 rings (SSSR count). The Hall–Kier alpha value is -3.20. The molecule has 0 atom stereocenters. The fourth-order valence-corrected chi connectivity index (χ4v) is 3.36. The Bertz CT molecular complexity index is 1000. The maximum absolute atomic E-state index is 12.3. The van der Waals surface area contributed by atoms with Crippen molar-refractivity contribution in [2.75, 3.05) is 24.3 Å². The standard InChI is InChI=1S/C19H17N5O3S/c1-12-8-18(24-19(22-12)14-10-20-4-5-21-14)28-11-17(25)23-13-2-3-15-16(9-13)27-7-6-26-15/h2-5,8-10H,6-7,11H2,1H3,(H,23,25). The zero-order valence-corrected chi connectivity index (χ0v) is 15.9. The van der Waals surface area contributed by atoms with Gasteiger partial charge in [0.1, 0.15) is 23.9 Å². The Balaban J connectivity index is 1.40. The molecule has 0 unspecified atom stereocenters. The zero-order chi connectivity index (χ0) is 19.3. The van der Waals surface area contributed by atoms with Crippen molar-refractivity contribution in [3.8, 4) is 23.0 Å². The first-order valence-corrected chi connectivity index (χ1v) is 9.60. The summed E-state index contributed by atoms with van der Waals surface area (Å²) in [6.45, 7) is 2.91. The molecule has 1 aromatic carbocycles. The van der Waals surface area contributed by atoms with Crippen LogP contribution < -0.4 is 14.8 Å². The molecule has 1 amide bonds. The number of carbonyl (C=O) groups is 1. The summed E-state index contributed by atoms with van der Waals surface area (Å²) >= 11 is 1.33. The minimum Gasteiger partial charge on any atom is -0.486 e. The van der Waals surface area contributed by atoms with Gasteiger partial charge in [0.05, 0.1) is 11.9 Å². The van der Waals surface area contributed by atoms with Gasteiger partial charge in [-0.25, -0.2) is 15.0 Å². The van der Waals surface area contributed by atoms with E-state index >= 15 is 0 Å². The Morgan fingerprint density at radius 3 is 2.82 bits per heavy atom. The third-order valence-electron chi connectivity index (χ3n) is 3.80. The van der Waals surface area contributed by atoms with Crippen LogP contribution in [-0.2, 0) is 4.79 Å². The second kappa shape index (κ2) is 8.22. The Morgan fingerprint density at radius 2 is 2.00 bits per heavy atom. The van der Waals surface area contributed by atoms with Gasteiger partial charge in [-0.1, -0.05) is 11.8 Å². The fraction of sp³-hybridized carbons (Fsp3) is 0.211. The highest BCUT2D eigenvalue weighted by Crippen LogP contribution is 2.32. The minimum absolute atomic E-state index is 0.140. The van der Waals surface area contributed by atoms with Gasteiger partial charge in [-0.2, -0.15) is 0 Å². The summed E-state index contributed by atoms with van der Waals surface area (Å²) in [6.07, 6.45) is 4.80. The van der Waals surface area contributed by atoms with Crippen molar-refractivity contribution < 1.29 is 14.3 Å². The SMILES string of the molecule is Cc1cc(SCC(=O)Nc2ccc3c(c2)OCCO3)nc(-c2cnccn2)n1. The molecule has 0 bridgehead atoms. The van der Waals surface area contributed by atoms with Gasteiger partial charge in [0.25, 0.3) is 0 Å². The van der Waals surface area contributed by atoms with Crippen LogP contribution in [0.15, 0.2) is 47.9 Å². The normalized spacial score (nSPS) is 12.5. The Kier molecular flexibility index (Phi) is 5.34. The Morgan fingerprint density at radius 1 is 1.14 bits per heavy atom. The molecule has 0 spiro atoms. The van der Waals surface area contributed by atoms with Crippen LogP contribution in [0, 0.1) is 6.92 Å². The van der Waals surface area contributed by atoms with Gasteiger partial charge in [-0.15, -0.1) is 0 Å². The second-order valence-electron chi connectivity index (χ2n) is 5.96. The van der Waals surface area contributed by atoms with Gasteiger partial charge in [0.15, 0.2) is 17.3 Å².